The highest BCUT2D eigenvalue weighted by Crippen LogP contribution is 2.33. The van der Waals surface area contributed by atoms with Crippen LogP contribution >= 0.6 is 0 Å². The van der Waals surface area contributed by atoms with Gasteiger partial charge in [0.05, 0.1) is 14.2 Å². The summed E-state index contributed by atoms with van der Waals surface area (Å²) in [5, 5.41) is 3.63. The Kier molecular flexibility index (Phi) is 5.16. The maximum atomic E-state index is 5.32. The number of anilines is 1. The molecule has 0 spiro atoms. The van der Waals surface area contributed by atoms with Gasteiger partial charge < -0.3 is 14.8 Å². The van der Waals surface area contributed by atoms with Gasteiger partial charge in [0.25, 0.3) is 0 Å². The fourth-order valence-corrected chi connectivity index (χ4v) is 3.06. The highest BCUT2D eigenvalue weighted by molar-refractivity contribution is 5.54. The molecule has 0 heterocycles. The van der Waals surface area contributed by atoms with Crippen LogP contribution in [0.25, 0.3) is 0 Å². The van der Waals surface area contributed by atoms with E-state index in [4.69, 9.17) is 9.47 Å². The number of nitrogens with one attached hydrogen (secondary N) is 1. The average molecular weight is 277 g/mol. The molecule has 0 atom stereocenters. The van der Waals surface area contributed by atoms with Gasteiger partial charge in [0, 0.05) is 29.9 Å². The zero-order valence-electron chi connectivity index (χ0n) is 13.1. The monoisotopic (exact) mass is 277 g/mol. The second-order valence-corrected chi connectivity index (χ2v) is 6.10. The van der Waals surface area contributed by atoms with Crippen LogP contribution in [0.1, 0.15) is 39.5 Å². The first-order chi connectivity index (χ1) is 9.62. The molecule has 112 valence electrons. The van der Waals surface area contributed by atoms with Crippen molar-refractivity contribution in [3.8, 4) is 11.5 Å². The Balaban J connectivity index is 1.97. The van der Waals surface area contributed by atoms with Crippen molar-refractivity contribution in [2.24, 2.45) is 11.8 Å². The van der Waals surface area contributed by atoms with E-state index < -0.39 is 0 Å². The summed E-state index contributed by atoms with van der Waals surface area (Å²) in [5.74, 6) is 3.38. The fourth-order valence-electron chi connectivity index (χ4n) is 3.06. The van der Waals surface area contributed by atoms with Crippen molar-refractivity contribution in [3.63, 3.8) is 0 Å². The third kappa shape index (κ3) is 3.81. The van der Waals surface area contributed by atoms with Crippen molar-refractivity contribution >= 4 is 5.69 Å². The van der Waals surface area contributed by atoms with Crippen molar-refractivity contribution in [1.82, 2.24) is 0 Å². The lowest BCUT2D eigenvalue weighted by molar-refractivity contribution is 0.267. The molecule has 0 aromatic heterocycles. The van der Waals surface area contributed by atoms with E-state index in [9.17, 15) is 0 Å². The zero-order chi connectivity index (χ0) is 14.5. The molecule has 1 aromatic carbocycles. The standard InChI is InChI=1S/C17H27NO2/c1-12(2)13-5-7-14(8-6-13)18-15-9-16(19-3)11-17(10-15)20-4/h9-14,18H,5-8H2,1-4H3. The summed E-state index contributed by atoms with van der Waals surface area (Å²) in [6, 6.07) is 6.55. The molecule has 0 bridgehead atoms. The smallest absolute Gasteiger partial charge is 0.124 e. The highest BCUT2D eigenvalue weighted by Gasteiger charge is 2.23. The largest absolute Gasteiger partial charge is 0.497 e. The van der Waals surface area contributed by atoms with Crippen LogP contribution in [0.5, 0.6) is 11.5 Å². The quantitative estimate of drug-likeness (QED) is 0.869. The van der Waals surface area contributed by atoms with Gasteiger partial charge in [-0.05, 0) is 37.5 Å². The number of ether oxygens (including phenoxy) is 2. The van der Waals surface area contributed by atoms with E-state index >= 15 is 0 Å². The maximum absolute atomic E-state index is 5.32. The molecular formula is C17H27NO2. The lowest BCUT2D eigenvalue weighted by Crippen LogP contribution is -2.27. The van der Waals surface area contributed by atoms with Gasteiger partial charge in [-0.25, -0.2) is 0 Å². The molecule has 0 saturated heterocycles. The van der Waals surface area contributed by atoms with Crippen LogP contribution in [0, 0.1) is 11.8 Å². The minimum Gasteiger partial charge on any atom is -0.497 e. The second-order valence-electron chi connectivity index (χ2n) is 6.10. The van der Waals surface area contributed by atoms with Crippen molar-refractivity contribution in [3.05, 3.63) is 18.2 Å². The first-order valence-electron chi connectivity index (χ1n) is 7.62. The van der Waals surface area contributed by atoms with Crippen molar-refractivity contribution in [2.45, 2.75) is 45.6 Å². The number of methoxy groups -OCH3 is 2. The van der Waals surface area contributed by atoms with Gasteiger partial charge >= 0.3 is 0 Å². The van der Waals surface area contributed by atoms with Crippen molar-refractivity contribution in [2.75, 3.05) is 19.5 Å². The van der Waals surface area contributed by atoms with E-state index in [1.165, 1.54) is 25.7 Å². The summed E-state index contributed by atoms with van der Waals surface area (Å²) in [5.41, 5.74) is 1.09. The summed E-state index contributed by atoms with van der Waals surface area (Å²) in [6.07, 6.45) is 5.16. The maximum Gasteiger partial charge on any atom is 0.124 e. The summed E-state index contributed by atoms with van der Waals surface area (Å²) >= 11 is 0. The highest BCUT2D eigenvalue weighted by atomic mass is 16.5. The van der Waals surface area contributed by atoms with Gasteiger partial charge in [0.15, 0.2) is 0 Å². The molecule has 0 radical (unpaired) electrons. The number of hydrogen-bond acceptors (Lipinski definition) is 3. The normalized spacial score (nSPS) is 22.6. The van der Waals surface area contributed by atoms with Crippen molar-refractivity contribution < 1.29 is 9.47 Å². The van der Waals surface area contributed by atoms with E-state index in [0.717, 1.165) is 29.0 Å². The first-order valence-corrected chi connectivity index (χ1v) is 7.62. The minimum absolute atomic E-state index is 0.571. The summed E-state index contributed by atoms with van der Waals surface area (Å²) in [7, 11) is 3.37. The Hall–Kier alpha value is -1.38. The topological polar surface area (TPSA) is 30.5 Å². The Morgan fingerprint density at radius 2 is 1.50 bits per heavy atom. The Morgan fingerprint density at radius 1 is 0.950 bits per heavy atom. The number of hydrogen-bond donors (Lipinski definition) is 1. The van der Waals surface area contributed by atoms with Gasteiger partial charge in [0.1, 0.15) is 11.5 Å². The van der Waals surface area contributed by atoms with Crippen LogP contribution in [-0.2, 0) is 0 Å². The van der Waals surface area contributed by atoms with E-state index in [1.54, 1.807) is 14.2 Å². The molecule has 20 heavy (non-hydrogen) atoms. The summed E-state index contributed by atoms with van der Waals surface area (Å²) in [6.45, 7) is 4.68. The molecule has 0 amide bonds. The van der Waals surface area contributed by atoms with E-state index in [-0.39, 0.29) is 0 Å². The van der Waals surface area contributed by atoms with Crippen LogP contribution in [-0.4, -0.2) is 20.3 Å². The zero-order valence-corrected chi connectivity index (χ0v) is 13.1. The average Bonchev–Trinajstić information content (AvgIpc) is 2.47. The van der Waals surface area contributed by atoms with Gasteiger partial charge in [0.2, 0.25) is 0 Å². The molecule has 3 heteroatoms. The van der Waals surface area contributed by atoms with E-state index in [2.05, 4.69) is 19.2 Å². The predicted molar refractivity (Wildman–Crippen MR) is 83.8 cm³/mol. The lowest BCUT2D eigenvalue weighted by Gasteiger charge is -2.32. The van der Waals surface area contributed by atoms with Gasteiger partial charge in [-0.1, -0.05) is 13.8 Å². The third-order valence-electron chi connectivity index (χ3n) is 4.44. The molecule has 0 aliphatic heterocycles. The Morgan fingerprint density at radius 3 is 1.95 bits per heavy atom. The minimum atomic E-state index is 0.571. The first kappa shape index (κ1) is 15.0. The van der Waals surface area contributed by atoms with Crippen LogP contribution in [0.3, 0.4) is 0 Å². The Bertz CT molecular complexity index is 401. The third-order valence-corrected chi connectivity index (χ3v) is 4.44. The van der Waals surface area contributed by atoms with E-state index in [1.807, 2.05) is 18.2 Å². The summed E-state index contributed by atoms with van der Waals surface area (Å²) in [4.78, 5) is 0. The summed E-state index contributed by atoms with van der Waals surface area (Å²) < 4.78 is 10.6. The molecule has 1 fully saturated rings. The van der Waals surface area contributed by atoms with Crippen LogP contribution < -0.4 is 14.8 Å². The lowest BCUT2D eigenvalue weighted by atomic mass is 9.79. The van der Waals surface area contributed by atoms with Crippen molar-refractivity contribution in [1.29, 1.82) is 0 Å². The molecule has 1 aromatic rings. The van der Waals surface area contributed by atoms with Crippen LogP contribution in [0.15, 0.2) is 18.2 Å². The SMILES string of the molecule is COc1cc(NC2CCC(C(C)C)CC2)cc(OC)c1. The molecule has 1 aliphatic carbocycles. The number of rotatable bonds is 5. The van der Waals surface area contributed by atoms with Crippen LogP contribution in [0.2, 0.25) is 0 Å². The molecular weight excluding hydrogens is 250 g/mol. The molecule has 0 unspecified atom stereocenters. The molecule has 3 nitrogen and oxygen atoms in total. The molecule has 2 rings (SSSR count). The van der Waals surface area contributed by atoms with E-state index in [0.29, 0.717) is 6.04 Å². The molecule has 1 saturated carbocycles. The number of benzene rings is 1. The molecule has 1 aliphatic rings. The second kappa shape index (κ2) is 6.87. The molecule has 1 N–H and O–H groups in total. The predicted octanol–water partition coefficient (Wildman–Crippen LogP) is 4.33. The van der Waals surface area contributed by atoms with Gasteiger partial charge in [-0.15, -0.1) is 0 Å². The Labute approximate surface area is 122 Å². The van der Waals surface area contributed by atoms with Crippen LogP contribution in [0.4, 0.5) is 5.69 Å². The fraction of sp³-hybridized carbons (Fsp3) is 0.647. The van der Waals surface area contributed by atoms with Gasteiger partial charge in [-0.3, -0.25) is 0 Å². The van der Waals surface area contributed by atoms with Gasteiger partial charge in [-0.2, -0.15) is 0 Å².